The molecule has 0 saturated heterocycles. The summed E-state index contributed by atoms with van der Waals surface area (Å²) < 4.78 is 50.4. The molecule has 0 bridgehead atoms. The van der Waals surface area contributed by atoms with Gasteiger partial charge in [0.15, 0.2) is 0 Å². The van der Waals surface area contributed by atoms with Gasteiger partial charge in [-0.25, -0.2) is 16.8 Å². The van der Waals surface area contributed by atoms with E-state index in [0.717, 1.165) is 0 Å². The van der Waals surface area contributed by atoms with Crippen LogP contribution in [-0.4, -0.2) is 16.8 Å². The maximum atomic E-state index is 12.7. The van der Waals surface area contributed by atoms with Crippen molar-refractivity contribution in [2.24, 2.45) is 0 Å². The fourth-order valence-corrected chi connectivity index (χ4v) is 6.16. The van der Waals surface area contributed by atoms with Crippen LogP contribution in [-0.2, 0) is 17.7 Å². The van der Waals surface area contributed by atoms with Crippen LogP contribution >= 0.6 is 0 Å². The number of hydrogen-bond acceptors (Lipinski definition) is 4. The standard InChI is InChI=1S/C16H12O4S2/c17-21(18,14-9-2-1-3-10-14)22(19,20)16-12-6-8-13-7-4-5-11-15(13)16/h1-12H. The van der Waals surface area contributed by atoms with E-state index in [-0.39, 0.29) is 9.79 Å². The van der Waals surface area contributed by atoms with Crippen LogP contribution in [0.25, 0.3) is 10.8 Å². The van der Waals surface area contributed by atoms with Crippen LogP contribution in [0.2, 0.25) is 0 Å². The minimum atomic E-state index is -4.55. The summed E-state index contributed by atoms with van der Waals surface area (Å²) in [6, 6.07) is 18.5. The highest BCUT2D eigenvalue weighted by Crippen LogP contribution is 2.30. The number of fused-ring (bicyclic) bond motifs is 1. The lowest BCUT2D eigenvalue weighted by Crippen LogP contribution is -2.16. The lowest BCUT2D eigenvalue weighted by Gasteiger charge is -2.09. The monoisotopic (exact) mass is 332 g/mol. The van der Waals surface area contributed by atoms with E-state index in [1.807, 2.05) is 0 Å². The molecule has 0 aliphatic carbocycles. The van der Waals surface area contributed by atoms with Crippen molar-refractivity contribution in [1.29, 1.82) is 0 Å². The fourth-order valence-electron chi connectivity index (χ4n) is 2.25. The van der Waals surface area contributed by atoms with Gasteiger partial charge >= 0.3 is 0 Å². The van der Waals surface area contributed by atoms with Gasteiger partial charge in [0.1, 0.15) is 0 Å². The van der Waals surface area contributed by atoms with Gasteiger partial charge in [-0.05, 0) is 23.6 Å². The van der Waals surface area contributed by atoms with Gasteiger partial charge < -0.3 is 0 Å². The Hall–Kier alpha value is -2.18. The Labute approximate surface area is 128 Å². The van der Waals surface area contributed by atoms with Gasteiger partial charge in [-0.3, -0.25) is 0 Å². The third kappa shape index (κ3) is 2.20. The number of benzene rings is 3. The Balaban J connectivity index is 2.30. The lowest BCUT2D eigenvalue weighted by molar-refractivity contribution is 0.583. The second-order valence-corrected chi connectivity index (χ2v) is 10.1. The largest absolute Gasteiger partial charge is 0.286 e. The Morgan fingerprint density at radius 2 is 1.14 bits per heavy atom. The van der Waals surface area contributed by atoms with Gasteiger partial charge in [-0.1, -0.05) is 54.6 Å². The zero-order chi connectivity index (χ0) is 15.8. The van der Waals surface area contributed by atoms with E-state index in [1.165, 1.54) is 36.4 Å². The second-order valence-electron chi connectivity index (χ2n) is 4.70. The topological polar surface area (TPSA) is 68.3 Å². The molecule has 3 rings (SSSR count). The minimum absolute atomic E-state index is 0.200. The third-order valence-corrected chi connectivity index (χ3v) is 8.51. The molecule has 0 amide bonds. The molecule has 0 aliphatic heterocycles. The summed E-state index contributed by atoms with van der Waals surface area (Å²) in [7, 11) is -9.06. The first kappa shape index (κ1) is 14.7. The fraction of sp³-hybridized carbons (Fsp3) is 0. The average molecular weight is 332 g/mol. The molecule has 0 atom stereocenters. The van der Waals surface area contributed by atoms with Crippen molar-refractivity contribution >= 4 is 28.5 Å². The SMILES string of the molecule is O=S(=O)(c1ccccc1)S(=O)(=O)c1cccc2ccccc12. The predicted molar refractivity (Wildman–Crippen MR) is 84.8 cm³/mol. The van der Waals surface area contributed by atoms with E-state index in [4.69, 9.17) is 0 Å². The van der Waals surface area contributed by atoms with Crippen LogP contribution in [0.4, 0.5) is 0 Å². The second kappa shape index (κ2) is 5.23. The summed E-state index contributed by atoms with van der Waals surface area (Å²) in [6.45, 7) is 0. The summed E-state index contributed by atoms with van der Waals surface area (Å²) in [5.74, 6) is 0. The van der Waals surface area contributed by atoms with Crippen molar-refractivity contribution < 1.29 is 16.8 Å². The lowest BCUT2D eigenvalue weighted by atomic mass is 10.1. The predicted octanol–water partition coefficient (Wildman–Crippen LogP) is 3.00. The molecule has 0 unspecified atom stereocenters. The highest BCUT2D eigenvalue weighted by Gasteiger charge is 2.34. The van der Waals surface area contributed by atoms with E-state index < -0.39 is 17.7 Å². The summed E-state index contributed by atoms with van der Waals surface area (Å²) in [5.41, 5.74) is 0. The zero-order valence-electron chi connectivity index (χ0n) is 11.4. The molecule has 22 heavy (non-hydrogen) atoms. The van der Waals surface area contributed by atoms with E-state index in [2.05, 4.69) is 0 Å². The molecular weight excluding hydrogens is 320 g/mol. The van der Waals surface area contributed by atoms with E-state index in [0.29, 0.717) is 10.8 Å². The molecular formula is C16H12O4S2. The van der Waals surface area contributed by atoms with Crippen molar-refractivity contribution in [2.75, 3.05) is 0 Å². The van der Waals surface area contributed by atoms with Crippen LogP contribution in [0.3, 0.4) is 0 Å². The van der Waals surface area contributed by atoms with Gasteiger partial charge in [-0.2, -0.15) is 0 Å². The smallest absolute Gasteiger partial charge is 0.207 e. The first-order chi connectivity index (χ1) is 10.4. The van der Waals surface area contributed by atoms with Gasteiger partial charge in [-0.15, -0.1) is 0 Å². The van der Waals surface area contributed by atoms with Gasteiger partial charge in [0.05, 0.1) is 9.79 Å². The van der Waals surface area contributed by atoms with Gasteiger partial charge in [0.25, 0.3) is 17.7 Å². The first-order valence-electron chi connectivity index (χ1n) is 6.47. The summed E-state index contributed by atoms with van der Waals surface area (Å²) in [5, 5.41) is 1.07. The maximum absolute atomic E-state index is 12.7. The molecule has 3 aromatic rings. The number of rotatable bonds is 3. The Kier molecular flexibility index (Phi) is 3.50. The Morgan fingerprint density at radius 1 is 0.545 bits per heavy atom. The summed E-state index contributed by atoms with van der Waals surface area (Å²) in [4.78, 5) is -0.433. The van der Waals surface area contributed by atoms with Crippen LogP contribution in [0, 0.1) is 0 Å². The van der Waals surface area contributed by atoms with E-state index in [9.17, 15) is 16.8 Å². The van der Waals surface area contributed by atoms with Gasteiger partial charge in [0, 0.05) is 5.39 Å². The van der Waals surface area contributed by atoms with Crippen LogP contribution < -0.4 is 0 Å². The highest BCUT2D eigenvalue weighted by molar-refractivity contribution is 8.67. The van der Waals surface area contributed by atoms with Crippen molar-refractivity contribution in [1.82, 2.24) is 0 Å². The van der Waals surface area contributed by atoms with E-state index >= 15 is 0 Å². The molecule has 0 radical (unpaired) electrons. The Bertz CT molecular complexity index is 1030. The molecule has 112 valence electrons. The highest BCUT2D eigenvalue weighted by atomic mass is 33.2. The molecule has 0 aromatic heterocycles. The van der Waals surface area contributed by atoms with Crippen LogP contribution in [0.15, 0.2) is 82.6 Å². The molecule has 0 heterocycles. The molecule has 0 fully saturated rings. The minimum Gasteiger partial charge on any atom is -0.207 e. The molecule has 3 aromatic carbocycles. The van der Waals surface area contributed by atoms with Crippen molar-refractivity contribution in [3.8, 4) is 0 Å². The maximum Gasteiger partial charge on any atom is 0.286 e. The Morgan fingerprint density at radius 3 is 1.86 bits per heavy atom. The molecule has 6 heteroatoms. The number of hydrogen-bond donors (Lipinski definition) is 0. The molecule has 0 aliphatic rings. The van der Waals surface area contributed by atoms with Crippen LogP contribution in [0.5, 0.6) is 0 Å². The summed E-state index contributed by atoms with van der Waals surface area (Å²) >= 11 is 0. The van der Waals surface area contributed by atoms with Gasteiger partial charge in [0.2, 0.25) is 0 Å². The van der Waals surface area contributed by atoms with Crippen molar-refractivity contribution in [3.05, 3.63) is 72.8 Å². The van der Waals surface area contributed by atoms with Crippen molar-refractivity contribution in [2.45, 2.75) is 9.79 Å². The average Bonchev–Trinajstić information content (AvgIpc) is 2.55. The van der Waals surface area contributed by atoms with Crippen molar-refractivity contribution in [3.63, 3.8) is 0 Å². The molecule has 0 spiro atoms. The third-order valence-electron chi connectivity index (χ3n) is 3.34. The quantitative estimate of drug-likeness (QED) is 0.692. The van der Waals surface area contributed by atoms with Crippen LogP contribution in [0.1, 0.15) is 0 Å². The molecule has 0 saturated carbocycles. The first-order valence-corrected chi connectivity index (χ1v) is 9.96. The summed E-state index contributed by atoms with van der Waals surface area (Å²) in [6.07, 6.45) is 0. The zero-order valence-corrected chi connectivity index (χ0v) is 13.0. The molecule has 4 nitrogen and oxygen atoms in total. The normalized spacial score (nSPS) is 12.4. The molecule has 0 N–H and O–H groups in total. The van der Waals surface area contributed by atoms with E-state index in [1.54, 1.807) is 36.4 Å².